The van der Waals surface area contributed by atoms with Crippen LogP contribution in [0.5, 0.6) is 0 Å². The lowest BCUT2D eigenvalue weighted by Gasteiger charge is -2.16. The molecule has 18 heavy (non-hydrogen) atoms. The van der Waals surface area contributed by atoms with E-state index in [1.807, 2.05) is 0 Å². The van der Waals surface area contributed by atoms with E-state index in [1.165, 1.54) is 0 Å². The van der Waals surface area contributed by atoms with Crippen molar-refractivity contribution in [3.63, 3.8) is 0 Å². The topological polar surface area (TPSA) is 71.1 Å². The largest absolute Gasteiger partial charge is 0.454 e. The summed E-state index contributed by atoms with van der Waals surface area (Å²) in [6, 6.07) is 0. The summed E-state index contributed by atoms with van der Waals surface area (Å²) < 4.78 is 21.1. The van der Waals surface area contributed by atoms with Crippen molar-refractivity contribution < 1.29 is 28.5 Å². The molecule has 0 aromatic carbocycles. The second kappa shape index (κ2) is 5.32. The first-order chi connectivity index (χ1) is 8.65. The van der Waals surface area contributed by atoms with Crippen molar-refractivity contribution in [2.24, 2.45) is 0 Å². The standard InChI is InChI=1S/C12H14O6/c1-3-9(13)17-7-5-15-12-8(6-16-11(7)12)18-10(14)4-2/h3-4,7-8,11-12H,1-2,5-6H2/t7-,8-,11?,12?/m1/s1. The molecule has 6 heteroatoms. The second-order valence-electron chi connectivity index (χ2n) is 3.95. The Bertz CT molecular complexity index is 341. The molecular formula is C12H14O6. The molecular weight excluding hydrogens is 240 g/mol. The van der Waals surface area contributed by atoms with Gasteiger partial charge in [-0.2, -0.15) is 0 Å². The molecule has 0 aliphatic carbocycles. The van der Waals surface area contributed by atoms with Gasteiger partial charge in [0.15, 0.2) is 12.2 Å². The highest BCUT2D eigenvalue weighted by molar-refractivity contribution is 5.81. The third-order valence-corrected chi connectivity index (χ3v) is 2.83. The predicted octanol–water partition coefficient (Wildman–Crippen LogP) is -0.0204. The Balaban J connectivity index is 1.94. The zero-order valence-corrected chi connectivity index (χ0v) is 9.74. The number of carbonyl (C=O) groups is 2. The maximum atomic E-state index is 11.1. The Labute approximate surface area is 104 Å². The van der Waals surface area contributed by atoms with Gasteiger partial charge in [-0.15, -0.1) is 0 Å². The summed E-state index contributed by atoms with van der Waals surface area (Å²) >= 11 is 0. The number of esters is 2. The highest BCUT2D eigenvalue weighted by Crippen LogP contribution is 2.30. The normalized spacial score (nSPS) is 33.6. The molecule has 98 valence electrons. The molecule has 2 aliphatic rings. The van der Waals surface area contributed by atoms with Crippen molar-refractivity contribution in [3.8, 4) is 0 Å². The Hall–Kier alpha value is -1.66. The number of hydrogen-bond donors (Lipinski definition) is 0. The van der Waals surface area contributed by atoms with Crippen LogP contribution in [0.3, 0.4) is 0 Å². The number of rotatable bonds is 4. The van der Waals surface area contributed by atoms with E-state index >= 15 is 0 Å². The first kappa shape index (κ1) is 12.8. The third-order valence-electron chi connectivity index (χ3n) is 2.83. The van der Waals surface area contributed by atoms with Crippen molar-refractivity contribution in [1.29, 1.82) is 0 Å². The van der Waals surface area contributed by atoms with Crippen LogP contribution in [0.25, 0.3) is 0 Å². The molecule has 2 aliphatic heterocycles. The summed E-state index contributed by atoms with van der Waals surface area (Å²) in [6.07, 6.45) is 0.364. The first-order valence-electron chi connectivity index (χ1n) is 5.55. The molecule has 0 saturated carbocycles. The van der Waals surface area contributed by atoms with Crippen LogP contribution in [0.1, 0.15) is 0 Å². The molecule has 2 unspecified atom stereocenters. The minimum Gasteiger partial charge on any atom is -0.454 e. The molecule has 0 amide bonds. The average molecular weight is 254 g/mol. The lowest BCUT2D eigenvalue weighted by molar-refractivity contribution is -0.149. The van der Waals surface area contributed by atoms with Crippen LogP contribution in [-0.2, 0) is 28.5 Å². The van der Waals surface area contributed by atoms with Crippen LogP contribution in [-0.4, -0.2) is 49.6 Å². The van der Waals surface area contributed by atoms with Gasteiger partial charge in [0.05, 0.1) is 13.2 Å². The maximum absolute atomic E-state index is 11.1. The predicted molar refractivity (Wildman–Crippen MR) is 59.6 cm³/mol. The van der Waals surface area contributed by atoms with Crippen LogP contribution < -0.4 is 0 Å². The molecule has 0 aromatic rings. The lowest BCUT2D eigenvalue weighted by Crippen LogP contribution is -2.35. The molecule has 0 radical (unpaired) electrons. The minimum absolute atomic E-state index is 0.219. The van der Waals surface area contributed by atoms with Gasteiger partial charge < -0.3 is 18.9 Å². The molecule has 6 nitrogen and oxygen atoms in total. The fourth-order valence-electron chi connectivity index (χ4n) is 2.03. The van der Waals surface area contributed by atoms with E-state index in [0.29, 0.717) is 0 Å². The smallest absolute Gasteiger partial charge is 0.330 e. The quantitative estimate of drug-likeness (QED) is 0.518. The summed E-state index contributed by atoms with van der Waals surface area (Å²) in [5.41, 5.74) is 0. The molecule has 0 N–H and O–H groups in total. The highest BCUT2D eigenvalue weighted by Gasteiger charge is 2.50. The van der Waals surface area contributed by atoms with E-state index in [2.05, 4.69) is 13.2 Å². The molecule has 2 saturated heterocycles. The van der Waals surface area contributed by atoms with Gasteiger partial charge in [-0.25, -0.2) is 9.59 Å². The van der Waals surface area contributed by atoms with Gasteiger partial charge in [-0.1, -0.05) is 13.2 Å². The van der Waals surface area contributed by atoms with Gasteiger partial charge in [0.25, 0.3) is 0 Å². The Morgan fingerprint density at radius 2 is 1.33 bits per heavy atom. The molecule has 0 bridgehead atoms. The van der Waals surface area contributed by atoms with E-state index in [4.69, 9.17) is 18.9 Å². The van der Waals surface area contributed by atoms with E-state index in [9.17, 15) is 9.59 Å². The number of fused-ring (bicyclic) bond motifs is 1. The summed E-state index contributed by atoms with van der Waals surface area (Å²) in [5, 5.41) is 0. The molecule has 0 spiro atoms. The van der Waals surface area contributed by atoms with Crippen LogP contribution in [0.4, 0.5) is 0 Å². The number of ether oxygens (including phenoxy) is 4. The average Bonchev–Trinajstić information content (AvgIpc) is 2.93. The first-order valence-corrected chi connectivity index (χ1v) is 5.55. The third kappa shape index (κ3) is 2.44. The van der Waals surface area contributed by atoms with E-state index in [-0.39, 0.29) is 13.2 Å². The van der Waals surface area contributed by atoms with Crippen LogP contribution >= 0.6 is 0 Å². The molecule has 4 atom stereocenters. The fraction of sp³-hybridized carbons (Fsp3) is 0.500. The molecule has 2 heterocycles. The maximum Gasteiger partial charge on any atom is 0.330 e. The van der Waals surface area contributed by atoms with Crippen molar-refractivity contribution in [2.75, 3.05) is 13.2 Å². The summed E-state index contributed by atoms with van der Waals surface area (Å²) in [4.78, 5) is 22.2. The van der Waals surface area contributed by atoms with Crippen molar-refractivity contribution in [1.82, 2.24) is 0 Å². The number of hydrogen-bond acceptors (Lipinski definition) is 6. The minimum atomic E-state index is -0.528. The Morgan fingerprint density at radius 3 is 1.67 bits per heavy atom. The zero-order valence-electron chi connectivity index (χ0n) is 9.74. The zero-order chi connectivity index (χ0) is 13.1. The highest BCUT2D eigenvalue weighted by atomic mass is 16.7. The van der Waals surface area contributed by atoms with Crippen LogP contribution in [0.2, 0.25) is 0 Å². The second-order valence-corrected chi connectivity index (χ2v) is 3.95. The molecule has 2 rings (SSSR count). The monoisotopic (exact) mass is 254 g/mol. The Morgan fingerprint density at radius 1 is 0.944 bits per heavy atom. The lowest BCUT2D eigenvalue weighted by atomic mass is 10.1. The van der Waals surface area contributed by atoms with Gasteiger partial charge in [-0.05, 0) is 0 Å². The van der Waals surface area contributed by atoms with Gasteiger partial charge >= 0.3 is 11.9 Å². The van der Waals surface area contributed by atoms with E-state index in [1.54, 1.807) is 0 Å². The number of carbonyl (C=O) groups excluding carboxylic acids is 2. The summed E-state index contributed by atoms with van der Waals surface area (Å²) in [5.74, 6) is -1.06. The van der Waals surface area contributed by atoms with Crippen LogP contribution in [0, 0.1) is 0 Å². The van der Waals surface area contributed by atoms with Crippen molar-refractivity contribution in [3.05, 3.63) is 25.3 Å². The van der Waals surface area contributed by atoms with Crippen molar-refractivity contribution >= 4 is 11.9 Å². The van der Waals surface area contributed by atoms with Gasteiger partial charge in [0.2, 0.25) is 0 Å². The van der Waals surface area contributed by atoms with Gasteiger partial charge in [-0.3, -0.25) is 0 Å². The van der Waals surface area contributed by atoms with Crippen LogP contribution in [0.15, 0.2) is 25.3 Å². The summed E-state index contributed by atoms with van der Waals surface area (Å²) in [6.45, 7) is 7.07. The molecule has 0 aromatic heterocycles. The SMILES string of the molecule is C=CC(=O)O[C@@H]1COC2C1OC[C@H]2OC(=O)C=C. The Kier molecular flexibility index (Phi) is 3.78. The van der Waals surface area contributed by atoms with Gasteiger partial charge in [0.1, 0.15) is 12.2 Å². The fourth-order valence-corrected chi connectivity index (χ4v) is 2.03. The van der Waals surface area contributed by atoms with Gasteiger partial charge in [0, 0.05) is 12.2 Å². The van der Waals surface area contributed by atoms with E-state index in [0.717, 1.165) is 12.2 Å². The summed E-state index contributed by atoms with van der Waals surface area (Å²) in [7, 11) is 0. The van der Waals surface area contributed by atoms with Crippen molar-refractivity contribution in [2.45, 2.75) is 24.4 Å². The molecule has 2 fully saturated rings. The van der Waals surface area contributed by atoms with E-state index < -0.39 is 36.4 Å².